The summed E-state index contributed by atoms with van der Waals surface area (Å²) in [7, 11) is -2.43. The molecule has 0 radical (unpaired) electrons. The highest BCUT2D eigenvalue weighted by atomic mass is 79.9. The zero-order valence-electron chi connectivity index (χ0n) is 22.4. The Balaban J connectivity index is 1.76. The Morgan fingerprint density at radius 2 is 1.72 bits per heavy atom. The first kappa shape index (κ1) is 31.0. The van der Waals surface area contributed by atoms with Gasteiger partial charge < -0.3 is 9.47 Å². The van der Waals surface area contributed by atoms with Gasteiger partial charge in [0.2, 0.25) is 0 Å². The van der Waals surface area contributed by atoms with Crippen molar-refractivity contribution in [2.75, 3.05) is 20.3 Å². The summed E-state index contributed by atoms with van der Waals surface area (Å²) in [6.45, 7) is 6.62. The van der Waals surface area contributed by atoms with Gasteiger partial charge in [0.1, 0.15) is 0 Å². The molecule has 0 aliphatic carbocycles. The lowest BCUT2D eigenvalue weighted by molar-refractivity contribution is -0.121. The molecule has 1 fully saturated rings. The van der Waals surface area contributed by atoms with E-state index in [1.165, 1.54) is 55.2 Å². The van der Waals surface area contributed by atoms with Gasteiger partial charge in [-0.25, -0.2) is 0 Å². The van der Waals surface area contributed by atoms with Crippen LogP contribution in [-0.2, 0) is 14.8 Å². The van der Waals surface area contributed by atoms with Crippen molar-refractivity contribution >= 4 is 54.9 Å². The van der Waals surface area contributed by atoms with E-state index >= 15 is 0 Å². The minimum Gasteiger partial charge on any atom is -0.493 e. The van der Waals surface area contributed by atoms with E-state index in [-0.39, 0.29) is 22.5 Å². The zero-order chi connectivity index (χ0) is 28.3. The number of halogens is 1. The fraction of sp³-hybridized carbons (Fsp3) is 0.379. The Bertz CT molecular complexity index is 1310. The number of sulfonamides is 1. The molecule has 1 saturated heterocycles. The lowest BCUT2D eigenvalue weighted by Crippen LogP contribution is -2.29. The summed E-state index contributed by atoms with van der Waals surface area (Å²) in [5.41, 5.74) is 0.733. The number of carbonyl (C=O) groups is 1. The number of ether oxygens (including phenoxy) is 2. The van der Waals surface area contributed by atoms with Gasteiger partial charge in [0.05, 0.1) is 23.5 Å². The SMILES string of the molecule is C=CCN1C(=O)C(=Cc2ccc(OC)c(OCCCCCCCCC)c2)SC1=NS(=O)(=O)c1ccc(Br)cc1. The van der Waals surface area contributed by atoms with E-state index in [9.17, 15) is 13.2 Å². The Morgan fingerprint density at radius 3 is 2.38 bits per heavy atom. The zero-order valence-corrected chi connectivity index (χ0v) is 25.6. The van der Waals surface area contributed by atoms with Crippen LogP contribution in [-0.4, -0.2) is 44.7 Å². The maximum atomic E-state index is 13.2. The van der Waals surface area contributed by atoms with Crippen LogP contribution in [0.4, 0.5) is 0 Å². The highest BCUT2D eigenvalue weighted by Crippen LogP contribution is 2.35. The molecule has 210 valence electrons. The van der Waals surface area contributed by atoms with Crippen LogP contribution in [0.15, 0.2) is 73.8 Å². The van der Waals surface area contributed by atoms with Crippen molar-refractivity contribution in [1.29, 1.82) is 0 Å². The predicted octanol–water partition coefficient (Wildman–Crippen LogP) is 7.43. The average molecular weight is 636 g/mol. The van der Waals surface area contributed by atoms with E-state index in [4.69, 9.17) is 9.47 Å². The first-order chi connectivity index (χ1) is 18.8. The molecule has 1 amide bonds. The van der Waals surface area contributed by atoms with E-state index in [0.29, 0.717) is 23.0 Å². The standard InChI is InChI=1S/C29H35BrN2O5S2/c1-4-6-7-8-9-10-11-19-37-26-20-22(12-17-25(26)36-3)21-27-28(33)32(18-5-2)29(38-27)31-39(34,35)24-15-13-23(30)14-16-24/h5,12-17,20-21H,2,4,6-11,18-19H2,1,3H3. The summed E-state index contributed by atoms with van der Waals surface area (Å²) in [4.78, 5) is 14.9. The number of thioether (sulfide) groups is 1. The molecule has 1 aliphatic heterocycles. The molecule has 10 heteroatoms. The molecule has 0 bridgehead atoms. The van der Waals surface area contributed by atoms with Gasteiger partial charge in [-0.15, -0.1) is 11.0 Å². The summed E-state index contributed by atoms with van der Waals surface area (Å²) < 4.78 is 42.0. The van der Waals surface area contributed by atoms with Gasteiger partial charge in [0.15, 0.2) is 16.7 Å². The van der Waals surface area contributed by atoms with Crippen molar-refractivity contribution in [1.82, 2.24) is 4.90 Å². The average Bonchev–Trinajstić information content (AvgIpc) is 3.19. The van der Waals surface area contributed by atoms with E-state index in [1.807, 2.05) is 12.1 Å². The van der Waals surface area contributed by atoms with Crippen LogP contribution in [0.5, 0.6) is 11.5 Å². The highest BCUT2D eigenvalue weighted by Gasteiger charge is 2.34. The minimum atomic E-state index is -4.01. The van der Waals surface area contributed by atoms with Crippen molar-refractivity contribution in [3.63, 3.8) is 0 Å². The maximum Gasteiger partial charge on any atom is 0.284 e. The number of rotatable bonds is 15. The van der Waals surface area contributed by atoms with Crippen LogP contribution in [0.25, 0.3) is 6.08 Å². The molecule has 0 N–H and O–H groups in total. The molecule has 0 aromatic heterocycles. The normalized spacial score (nSPS) is 15.8. The third kappa shape index (κ3) is 8.98. The summed E-state index contributed by atoms with van der Waals surface area (Å²) in [5.74, 6) is 0.871. The smallest absolute Gasteiger partial charge is 0.284 e. The first-order valence-electron chi connectivity index (χ1n) is 13.0. The summed E-state index contributed by atoms with van der Waals surface area (Å²) in [6, 6.07) is 11.6. The van der Waals surface area contributed by atoms with Crippen LogP contribution in [0.1, 0.15) is 57.4 Å². The Hall–Kier alpha value is -2.56. The molecular weight excluding hydrogens is 600 g/mol. The number of benzene rings is 2. The number of amidine groups is 1. The van der Waals surface area contributed by atoms with E-state index in [0.717, 1.165) is 34.6 Å². The molecule has 0 unspecified atom stereocenters. The Morgan fingerprint density at radius 1 is 1.03 bits per heavy atom. The van der Waals surface area contributed by atoms with E-state index in [1.54, 1.807) is 31.4 Å². The fourth-order valence-corrected chi connectivity index (χ4v) is 6.37. The monoisotopic (exact) mass is 634 g/mol. The van der Waals surface area contributed by atoms with Crippen molar-refractivity contribution in [3.8, 4) is 11.5 Å². The van der Waals surface area contributed by atoms with Gasteiger partial charge in [0.25, 0.3) is 15.9 Å². The topological polar surface area (TPSA) is 85.3 Å². The van der Waals surface area contributed by atoms with Crippen LogP contribution in [0, 0.1) is 0 Å². The summed E-state index contributed by atoms with van der Waals surface area (Å²) in [5, 5.41) is 0.0815. The number of carbonyl (C=O) groups excluding carboxylic acids is 1. The second kappa shape index (κ2) is 15.3. The van der Waals surface area contributed by atoms with Crippen molar-refractivity contribution in [2.45, 2.75) is 56.8 Å². The lowest BCUT2D eigenvalue weighted by atomic mass is 10.1. The maximum absolute atomic E-state index is 13.2. The largest absolute Gasteiger partial charge is 0.493 e. The van der Waals surface area contributed by atoms with Gasteiger partial charge in [-0.2, -0.15) is 8.42 Å². The second-order valence-corrected chi connectivity index (χ2v) is 12.5. The van der Waals surface area contributed by atoms with Crippen molar-refractivity contribution in [2.24, 2.45) is 4.40 Å². The number of hydrogen-bond donors (Lipinski definition) is 0. The number of nitrogens with zero attached hydrogens (tertiary/aromatic N) is 2. The molecule has 39 heavy (non-hydrogen) atoms. The van der Waals surface area contributed by atoms with Crippen LogP contribution in [0.3, 0.4) is 0 Å². The van der Waals surface area contributed by atoms with Gasteiger partial charge in [-0.3, -0.25) is 9.69 Å². The molecule has 0 spiro atoms. The van der Waals surface area contributed by atoms with E-state index < -0.39 is 10.0 Å². The molecule has 3 rings (SSSR count). The highest BCUT2D eigenvalue weighted by molar-refractivity contribution is 9.10. The Labute approximate surface area is 244 Å². The summed E-state index contributed by atoms with van der Waals surface area (Å²) in [6.07, 6.45) is 11.6. The van der Waals surface area contributed by atoms with Crippen molar-refractivity contribution in [3.05, 3.63) is 70.1 Å². The number of hydrogen-bond acceptors (Lipinski definition) is 6. The quantitative estimate of drug-likeness (QED) is 0.115. The molecule has 0 atom stereocenters. The molecule has 2 aromatic carbocycles. The van der Waals surface area contributed by atoms with E-state index in [2.05, 4.69) is 33.8 Å². The first-order valence-corrected chi connectivity index (χ1v) is 16.1. The summed E-state index contributed by atoms with van der Waals surface area (Å²) >= 11 is 4.31. The van der Waals surface area contributed by atoms with Crippen LogP contribution >= 0.6 is 27.7 Å². The molecule has 1 aliphatic rings. The lowest BCUT2D eigenvalue weighted by Gasteiger charge is -2.12. The Kier molecular flexibility index (Phi) is 12.1. The third-order valence-corrected chi connectivity index (χ3v) is 8.93. The van der Waals surface area contributed by atoms with Gasteiger partial charge in [0, 0.05) is 11.0 Å². The van der Waals surface area contributed by atoms with Crippen LogP contribution in [0.2, 0.25) is 0 Å². The third-order valence-electron chi connectivity index (χ3n) is 6.00. The number of amides is 1. The number of methoxy groups -OCH3 is 1. The van der Waals surface area contributed by atoms with Gasteiger partial charge in [-0.1, -0.05) is 73.5 Å². The molecule has 1 heterocycles. The fourth-order valence-electron chi connectivity index (χ4n) is 3.92. The minimum absolute atomic E-state index is 0.0418. The molecule has 0 saturated carbocycles. The van der Waals surface area contributed by atoms with Gasteiger partial charge >= 0.3 is 0 Å². The van der Waals surface area contributed by atoms with Crippen LogP contribution < -0.4 is 9.47 Å². The van der Waals surface area contributed by atoms with Gasteiger partial charge in [-0.05, 0) is 66.2 Å². The van der Waals surface area contributed by atoms with Crippen molar-refractivity contribution < 1.29 is 22.7 Å². The molecule has 7 nitrogen and oxygen atoms in total. The number of unbranched alkanes of at least 4 members (excludes halogenated alkanes) is 6. The predicted molar refractivity (Wildman–Crippen MR) is 163 cm³/mol. The molecule has 2 aromatic rings. The second-order valence-electron chi connectivity index (χ2n) is 9.00. The molecular formula is C29H35BrN2O5S2.